The summed E-state index contributed by atoms with van der Waals surface area (Å²) < 4.78 is 6.14. The number of carbonyl (C=O) groups is 4. The van der Waals surface area contributed by atoms with Crippen molar-refractivity contribution in [2.24, 2.45) is 10.8 Å². The molecule has 1 unspecified atom stereocenters. The quantitative estimate of drug-likeness (QED) is 0.0409. The van der Waals surface area contributed by atoms with Crippen LogP contribution in [0.2, 0.25) is 0 Å². The Labute approximate surface area is 293 Å². The maximum Gasteiger partial charge on any atom is 0.319 e. The molecule has 1 atom stereocenters. The van der Waals surface area contributed by atoms with Crippen molar-refractivity contribution in [1.29, 1.82) is 0 Å². The van der Waals surface area contributed by atoms with Gasteiger partial charge in [-0.15, -0.1) is 0 Å². The third-order valence-electron chi connectivity index (χ3n) is 9.56. The van der Waals surface area contributed by atoms with Gasteiger partial charge in [0, 0.05) is 31.0 Å². The van der Waals surface area contributed by atoms with Crippen molar-refractivity contribution in [3.63, 3.8) is 0 Å². The minimum atomic E-state index is -1.43. The molecule has 282 valence electrons. The highest BCUT2D eigenvalue weighted by molar-refractivity contribution is 6.01. The van der Waals surface area contributed by atoms with Crippen LogP contribution in [0.15, 0.2) is 0 Å². The monoisotopic (exact) mass is 683 g/mol. The number of aliphatic carboxylic acids is 2. The summed E-state index contributed by atoms with van der Waals surface area (Å²) in [7, 11) is 0. The smallest absolute Gasteiger partial charge is 0.319 e. The van der Waals surface area contributed by atoms with Gasteiger partial charge in [0.15, 0.2) is 0 Å². The molecule has 0 aromatic rings. The summed E-state index contributed by atoms with van der Waals surface area (Å²) in [5, 5.41) is 25.2. The third kappa shape index (κ3) is 21.7. The van der Waals surface area contributed by atoms with Crippen molar-refractivity contribution in [1.82, 2.24) is 10.6 Å². The lowest BCUT2D eigenvalue weighted by Crippen LogP contribution is -2.48. The zero-order valence-electron chi connectivity index (χ0n) is 32.0. The molecule has 0 aliphatic carbocycles. The predicted octanol–water partition coefficient (Wildman–Crippen LogP) is 9.21. The second-order valence-corrected chi connectivity index (χ2v) is 15.6. The van der Waals surface area contributed by atoms with Gasteiger partial charge in [-0.25, -0.2) is 0 Å². The molecule has 2 amide bonds. The number of hydrogen-bond acceptors (Lipinski definition) is 5. The van der Waals surface area contributed by atoms with Gasteiger partial charge in [-0.05, 0) is 59.8 Å². The van der Waals surface area contributed by atoms with Gasteiger partial charge in [0.2, 0.25) is 11.8 Å². The van der Waals surface area contributed by atoms with Crippen molar-refractivity contribution in [3.05, 3.63) is 0 Å². The van der Waals surface area contributed by atoms with E-state index in [1.807, 2.05) is 41.5 Å². The van der Waals surface area contributed by atoms with Gasteiger partial charge in [-0.1, -0.05) is 124 Å². The SMILES string of the molecule is CCCCCCCCCCCC(CCCCCCCCCCC(=O)O)(C(=O)O)C(=O)NCCC(C)(C)OCCC(C)(C)C(=O)NC(C)C. The van der Waals surface area contributed by atoms with Crippen molar-refractivity contribution in [3.8, 4) is 0 Å². The molecule has 4 N–H and O–H groups in total. The number of unbranched alkanes of at least 4 members (excludes halogenated alkanes) is 15. The maximum atomic E-state index is 13.7. The van der Waals surface area contributed by atoms with Crippen molar-refractivity contribution < 1.29 is 34.1 Å². The minimum Gasteiger partial charge on any atom is -0.481 e. The summed E-state index contributed by atoms with van der Waals surface area (Å²) >= 11 is 0. The average molecular weight is 683 g/mol. The molecule has 0 bridgehead atoms. The van der Waals surface area contributed by atoms with E-state index in [1.165, 1.54) is 32.1 Å². The van der Waals surface area contributed by atoms with Crippen LogP contribution < -0.4 is 10.6 Å². The van der Waals surface area contributed by atoms with Gasteiger partial charge < -0.3 is 25.6 Å². The first-order chi connectivity index (χ1) is 22.6. The highest BCUT2D eigenvalue weighted by atomic mass is 16.5. The van der Waals surface area contributed by atoms with E-state index in [2.05, 4.69) is 17.6 Å². The number of rotatable bonds is 32. The van der Waals surface area contributed by atoms with Gasteiger partial charge in [0.1, 0.15) is 5.41 Å². The summed E-state index contributed by atoms with van der Waals surface area (Å²) in [5.41, 5.74) is -2.54. The van der Waals surface area contributed by atoms with Crippen molar-refractivity contribution in [2.75, 3.05) is 13.2 Å². The largest absolute Gasteiger partial charge is 0.481 e. The highest BCUT2D eigenvalue weighted by Crippen LogP contribution is 2.33. The Kier molecular flexibility index (Phi) is 24.6. The van der Waals surface area contributed by atoms with E-state index in [-0.39, 0.29) is 18.4 Å². The normalized spacial score (nSPS) is 13.3. The van der Waals surface area contributed by atoms with E-state index < -0.39 is 34.3 Å². The summed E-state index contributed by atoms with van der Waals surface area (Å²) in [5.74, 6) is -2.18. The molecule has 0 rings (SSSR count). The van der Waals surface area contributed by atoms with Crippen LogP contribution in [0, 0.1) is 10.8 Å². The van der Waals surface area contributed by atoms with Crippen LogP contribution in [0.3, 0.4) is 0 Å². The lowest BCUT2D eigenvalue weighted by Gasteiger charge is -2.31. The van der Waals surface area contributed by atoms with Gasteiger partial charge in [-0.3, -0.25) is 19.2 Å². The molecule has 0 aromatic heterocycles. The molecule has 0 aliphatic rings. The van der Waals surface area contributed by atoms with E-state index in [0.29, 0.717) is 51.7 Å². The molecule has 0 spiro atoms. The second kappa shape index (κ2) is 25.8. The van der Waals surface area contributed by atoms with E-state index >= 15 is 0 Å². The molecule has 0 saturated carbocycles. The molecule has 0 heterocycles. The van der Waals surface area contributed by atoms with Gasteiger partial charge in [0.25, 0.3) is 0 Å². The Morgan fingerprint density at radius 3 is 1.52 bits per heavy atom. The standard InChI is InChI=1S/C39H74N2O7/c1-8-9-10-11-12-14-17-20-23-26-39(36(46)47,27-24-21-18-15-13-16-19-22-25-33(42)43)35(45)40-30-28-38(6,7)48-31-29-37(4,5)34(44)41-32(2)3/h32H,8-31H2,1-7H3,(H,40,45)(H,41,44)(H,42,43)(H,46,47). The summed E-state index contributed by atoms with van der Waals surface area (Å²) in [6, 6.07) is 0.0732. The van der Waals surface area contributed by atoms with Gasteiger partial charge in [-0.2, -0.15) is 0 Å². The molecular formula is C39H74N2O7. The molecule has 48 heavy (non-hydrogen) atoms. The van der Waals surface area contributed by atoms with Crippen LogP contribution in [-0.4, -0.2) is 58.8 Å². The average Bonchev–Trinajstić information content (AvgIpc) is 2.99. The Hall–Kier alpha value is -2.16. The molecule has 0 saturated heterocycles. The highest BCUT2D eigenvalue weighted by Gasteiger charge is 2.45. The maximum absolute atomic E-state index is 13.7. The Morgan fingerprint density at radius 1 is 0.625 bits per heavy atom. The predicted molar refractivity (Wildman–Crippen MR) is 195 cm³/mol. The van der Waals surface area contributed by atoms with Crippen LogP contribution >= 0.6 is 0 Å². The summed E-state index contributed by atoms with van der Waals surface area (Å²) in [6.07, 6.45) is 19.4. The lowest BCUT2D eigenvalue weighted by molar-refractivity contribution is -0.157. The van der Waals surface area contributed by atoms with Crippen LogP contribution in [0.25, 0.3) is 0 Å². The first-order valence-corrected chi connectivity index (χ1v) is 19.3. The zero-order valence-corrected chi connectivity index (χ0v) is 32.0. The molecular weight excluding hydrogens is 608 g/mol. The van der Waals surface area contributed by atoms with Crippen LogP contribution in [0.5, 0.6) is 0 Å². The summed E-state index contributed by atoms with van der Waals surface area (Å²) in [4.78, 5) is 49.6. The fraction of sp³-hybridized carbons (Fsp3) is 0.897. The number of nitrogens with one attached hydrogen (secondary N) is 2. The number of amides is 2. The Balaban J connectivity index is 5.04. The first-order valence-electron chi connectivity index (χ1n) is 19.3. The number of hydrogen-bond donors (Lipinski definition) is 4. The van der Waals surface area contributed by atoms with Crippen LogP contribution in [-0.2, 0) is 23.9 Å². The van der Waals surface area contributed by atoms with E-state index in [4.69, 9.17) is 9.84 Å². The topological polar surface area (TPSA) is 142 Å². The molecule has 0 aliphatic heterocycles. The van der Waals surface area contributed by atoms with Crippen molar-refractivity contribution >= 4 is 23.8 Å². The Bertz CT molecular complexity index is 903. The molecule has 0 fully saturated rings. The number of carboxylic acids is 2. The third-order valence-corrected chi connectivity index (χ3v) is 9.56. The second-order valence-electron chi connectivity index (χ2n) is 15.6. The molecule has 9 heteroatoms. The molecule has 9 nitrogen and oxygen atoms in total. The zero-order chi connectivity index (χ0) is 36.5. The van der Waals surface area contributed by atoms with E-state index in [9.17, 15) is 24.3 Å². The van der Waals surface area contributed by atoms with Crippen LogP contribution in [0.1, 0.15) is 190 Å². The molecule has 0 radical (unpaired) electrons. The van der Waals surface area contributed by atoms with E-state index in [0.717, 1.165) is 64.2 Å². The first kappa shape index (κ1) is 45.8. The Morgan fingerprint density at radius 2 is 1.08 bits per heavy atom. The van der Waals surface area contributed by atoms with Crippen molar-refractivity contribution in [2.45, 2.75) is 201 Å². The molecule has 0 aromatic carbocycles. The fourth-order valence-electron chi connectivity index (χ4n) is 6.04. The number of ether oxygens (including phenoxy) is 1. The van der Waals surface area contributed by atoms with Gasteiger partial charge in [0.05, 0.1) is 5.60 Å². The number of carbonyl (C=O) groups excluding carboxylic acids is 2. The van der Waals surface area contributed by atoms with Crippen LogP contribution in [0.4, 0.5) is 0 Å². The summed E-state index contributed by atoms with van der Waals surface area (Å²) in [6.45, 7) is 14.5. The van der Waals surface area contributed by atoms with E-state index in [1.54, 1.807) is 0 Å². The van der Waals surface area contributed by atoms with Gasteiger partial charge >= 0.3 is 11.9 Å². The number of carboxylic acid groups (broad SMARTS) is 2. The minimum absolute atomic E-state index is 0.00358. The fourth-order valence-corrected chi connectivity index (χ4v) is 6.04. The lowest BCUT2D eigenvalue weighted by atomic mass is 9.76.